The highest BCUT2D eigenvalue weighted by molar-refractivity contribution is 5.80. The number of aromatic nitrogens is 1. The van der Waals surface area contributed by atoms with Crippen LogP contribution in [0.15, 0.2) is 36.4 Å². The molecule has 0 bridgehead atoms. The van der Waals surface area contributed by atoms with Gasteiger partial charge < -0.3 is 15.0 Å². The Kier molecular flexibility index (Phi) is 3.62. The number of hydrogen-bond acceptors (Lipinski definition) is 4. The molecule has 0 saturated carbocycles. The minimum absolute atomic E-state index is 0.243. The molecule has 1 saturated heterocycles. The van der Waals surface area contributed by atoms with Crippen LogP contribution in [0.2, 0.25) is 0 Å². The molecule has 1 N–H and O–H groups in total. The van der Waals surface area contributed by atoms with Gasteiger partial charge in [0.05, 0.1) is 18.2 Å². The van der Waals surface area contributed by atoms with Crippen LogP contribution in [0.3, 0.4) is 0 Å². The Hall–Kier alpha value is -1.65. The van der Waals surface area contributed by atoms with Crippen molar-refractivity contribution in [3.8, 4) is 0 Å². The lowest BCUT2D eigenvalue weighted by Gasteiger charge is -2.28. The number of fused-ring (bicyclic) bond motifs is 1. The second kappa shape index (κ2) is 5.55. The van der Waals surface area contributed by atoms with Crippen molar-refractivity contribution < 1.29 is 4.74 Å². The quantitative estimate of drug-likeness (QED) is 0.907. The second-order valence-corrected chi connectivity index (χ2v) is 4.94. The maximum atomic E-state index is 5.73. The third kappa shape index (κ3) is 2.85. The van der Waals surface area contributed by atoms with E-state index < -0.39 is 0 Å². The van der Waals surface area contributed by atoms with Crippen molar-refractivity contribution >= 4 is 16.7 Å². The van der Waals surface area contributed by atoms with Crippen LogP contribution in [0, 0.1) is 0 Å². The zero-order chi connectivity index (χ0) is 13.1. The molecular weight excluding hydrogens is 238 g/mol. The van der Waals surface area contributed by atoms with Gasteiger partial charge in [0.2, 0.25) is 0 Å². The maximum absolute atomic E-state index is 5.73. The van der Waals surface area contributed by atoms with Crippen molar-refractivity contribution in [1.29, 1.82) is 0 Å². The minimum atomic E-state index is 0.243. The summed E-state index contributed by atoms with van der Waals surface area (Å²) in [4.78, 5) is 6.85. The van der Waals surface area contributed by atoms with Crippen molar-refractivity contribution in [2.24, 2.45) is 0 Å². The van der Waals surface area contributed by atoms with E-state index in [0.29, 0.717) is 0 Å². The number of hydrogen-bond donors (Lipinski definition) is 1. The Morgan fingerprint density at radius 2 is 2.21 bits per heavy atom. The molecule has 100 valence electrons. The summed E-state index contributed by atoms with van der Waals surface area (Å²) in [5, 5.41) is 4.53. The summed E-state index contributed by atoms with van der Waals surface area (Å²) >= 11 is 0. The van der Waals surface area contributed by atoms with Gasteiger partial charge in [0.1, 0.15) is 5.82 Å². The van der Waals surface area contributed by atoms with Crippen LogP contribution in [0.4, 0.5) is 5.82 Å². The molecule has 0 aliphatic carbocycles. The van der Waals surface area contributed by atoms with Crippen LogP contribution in [0.5, 0.6) is 0 Å². The Morgan fingerprint density at radius 1 is 1.32 bits per heavy atom. The number of para-hydroxylation sites is 1. The number of ether oxygens (including phenoxy) is 1. The fraction of sp³-hybridized carbons (Fsp3) is 0.400. The van der Waals surface area contributed by atoms with Gasteiger partial charge in [-0.3, -0.25) is 0 Å². The zero-order valence-corrected chi connectivity index (χ0v) is 11.2. The molecule has 4 heteroatoms. The van der Waals surface area contributed by atoms with E-state index in [0.717, 1.165) is 37.6 Å². The largest absolute Gasteiger partial charge is 0.374 e. The smallest absolute Gasteiger partial charge is 0.129 e. The molecule has 0 spiro atoms. The molecule has 1 aromatic heterocycles. The Balaban J connectivity index is 1.75. The van der Waals surface area contributed by atoms with Crippen LogP contribution in [0.1, 0.15) is 0 Å². The Morgan fingerprint density at radius 3 is 3.05 bits per heavy atom. The summed E-state index contributed by atoms with van der Waals surface area (Å²) in [6.45, 7) is 3.52. The van der Waals surface area contributed by atoms with Gasteiger partial charge in [0, 0.05) is 32.1 Å². The number of nitrogens with one attached hydrogen (secondary N) is 1. The van der Waals surface area contributed by atoms with Crippen molar-refractivity contribution in [2.45, 2.75) is 6.10 Å². The maximum Gasteiger partial charge on any atom is 0.129 e. The molecular formula is C15H19N3O. The van der Waals surface area contributed by atoms with Crippen LogP contribution < -0.4 is 10.2 Å². The summed E-state index contributed by atoms with van der Waals surface area (Å²) in [6.07, 6.45) is 0.243. The number of morpholine rings is 1. The van der Waals surface area contributed by atoms with Crippen molar-refractivity contribution in [2.75, 3.05) is 38.2 Å². The van der Waals surface area contributed by atoms with Gasteiger partial charge >= 0.3 is 0 Å². The minimum Gasteiger partial charge on any atom is -0.374 e. The number of benzene rings is 1. The average molecular weight is 257 g/mol. The third-order valence-corrected chi connectivity index (χ3v) is 3.46. The van der Waals surface area contributed by atoms with Gasteiger partial charge in [0.25, 0.3) is 0 Å². The lowest BCUT2D eigenvalue weighted by Crippen LogP contribution is -2.44. The second-order valence-electron chi connectivity index (χ2n) is 4.94. The standard InChI is InChI=1S/C15H19N3O/c1-18(11-13-10-16-8-9-19-13)15-7-6-12-4-2-3-5-14(12)17-15/h2-7,13,16H,8-11H2,1H3. The van der Waals surface area contributed by atoms with Crippen molar-refractivity contribution in [3.05, 3.63) is 36.4 Å². The molecule has 1 fully saturated rings. The lowest BCUT2D eigenvalue weighted by molar-refractivity contribution is 0.0339. The molecule has 0 amide bonds. The van der Waals surface area contributed by atoms with E-state index in [9.17, 15) is 0 Å². The molecule has 1 atom stereocenters. The van der Waals surface area contributed by atoms with E-state index in [1.165, 1.54) is 5.39 Å². The van der Waals surface area contributed by atoms with Crippen LogP contribution in [0.25, 0.3) is 10.9 Å². The molecule has 0 radical (unpaired) electrons. The van der Waals surface area contributed by atoms with Gasteiger partial charge in [-0.25, -0.2) is 4.98 Å². The normalized spacial score (nSPS) is 19.5. The highest BCUT2D eigenvalue weighted by Crippen LogP contribution is 2.17. The summed E-state index contributed by atoms with van der Waals surface area (Å²) in [5.74, 6) is 0.993. The van der Waals surface area contributed by atoms with Gasteiger partial charge in [0.15, 0.2) is 0 Å². The Labute approximate surface area is 113 Å². The summed E-state index contributed by atoms with van der Waals surface area (Å²) in [5.41, 5.74) is 1.04. The fourth-order valence-corrected chi connectivity index (χ4v) is 2.40. The number of nitrogens with zero attached hydrogens (tertiary/aromatic N) is 2. The molecule has 3 rings (SSSR count). The van der Waals surface area contributed by atoms with E-state index in [1.54, 1.807) is 0 Å². The van der Waals surface area contributed by atoms with Crippen molar-refractivity contribution in [3.63, 3.8) is 0 Å². The molecule has 2 aromatic rings. The number of likely N-dealkylation sites (N-methyl/N-ethyl adjacent to an activating group) is 1. The van der Waals surface area contributed by atoms with Crippen LogP contribution in [-0.2, 0) is 4.74 Å². The lowest BCUT2D eigenvalue weighted by atomic mass is 10.2. The fourth-order valence-electron chi connectivity index (χ4n) is 2.40. The number of pyridine rings is 1. The van der Waals surface area contributed by atoms with E-state index >= 15 is 0 Å². The van der Waals surface area contributed by atoms with Gasteiger partial charge in [-0.1, -0.05) is 18.2 Å². The third-order valence-electron chi connectivity index (χ3n) is 3.46. The van der Waals surface area contributed by atoms with Crippen LogP contribution in [-0.4, -0.2) is 44.4 Å². The summed E-state index contributed by atoms with van der Waals surface area (Å²) < 4.78 is 5.73. The topological polar surface area (TPSA) is 37.4 Å². The van der Waals surface area contributed by atoms with Gasteiger partial charge in [-0.05, 0) is 18.2 Å². The molecule has 19 heavy (non-hydrogen) atoms. The molecule has 1 aliphatic rings. The predicted octanol–water partition coefficient (Wildman–Crippen LogP) is 1.66. The van der Waals surface area contributed by atoms with Gasteiger partial charge in [-0.2, -0.15) is 0 Å². The van der Waals surface area contributed by atoms with Crippen molar-refractivity contribution in [1.82, 2.24) is 10.3 Å². The first-order valence-corrected chi connectivity index (χ1v) is 6.72. The Bertz CT molecular complexity index is 552. The first kappa shape index (κ1) is 12.4. The van der Waals surface area contributed by atoms with E-state index in [1.807, 2.05) is 18.2 Å². The van der Waals surface area contributed by atoms with E-state index in [2.05, 4.69) is 35.5 Å². The monoisotopic (exact) mass is 257 g/mol. The first-order chi connectivity index (χ1) is 9.33. The van der Waals surface area contributed by atoms with E-state index in [4.69, 9.17) is 9.72 Å². The molecule has 1 aliphatic heterocycles. The molecule has 1 unspecified atom stereocenters. The summed E-state index contributed by atoms with van der Waals surface area (Å²) in [7, 11) is 2.06. The first-order valence-electron chi connectivity index (χ1n) is 6.72. The summed E-state index contributed by atoms with van der Waals surface area (Å²) in [6, 6.07) is 12.4. The molecule has 4 nitrogen and oxygen atoms in total. The zero-order valence-electron chi connectivity index (χ0n) is 11.2. The average Bonchev–Trinajstić information content (AvgIpc) is 2.48. The van der Waals surface area contributed by atoms with E-state index in [-0.39, 0.29) is 6.10 Å². The number of rotatable bonds is 3. The highest BCUT2D eigenvalue weighted by atomic mass is 16.5. The SMILES string of the molecule is CN(CC1CNCCO1)c1ccc2ccccc2n1. The highest BCUT2D eigenvalue weighted by Gasteiger charge is 2.16. The molecule has 2 heterocycles. The predicted molar refractivity (Wildman–Crippen MR) is 77.6 cm³/mol. The van der Waals surface area contributed by atoms with Gasteiger partial charge in [-0.15, -0.1) is 0 Å². The molecule has 1 aromatic carbocycles. The number of anilines is 1. The van der Waals surface area contributed by atoms with Crippen LogP contribution >= 0.6 is 0 Å².